The van der Waals surface area contributed by atoms with Crippen molar-refractivity contribution in [3.05, 3.63) is 0 Å². The first-order valence-corrected chi connectivity index (χ1v) is 7.13. The Kier molecular flexibility index (Phi) is 8.04. The van der Waals surface area contributed by atoms with Crippen LogP contribution in [0.4, 0.5) is 0 Å². The molecule has 2 bridgehead atoms. The number of hydrogen-bond acceptors (Lipinski definition) is 4. The minimum absolute atomic E-state index is 0. The summed E-state index contributed by atoms with van der Waals surface area (Å²) in [5.74, 6) is 1.73. The van der Waals surface area contributed by atoms with E-state index in [-0.39, 0.29) is 62.7 Å². The Morgan fingerprint density at radius 1 is 1.33 bits per heavy atom. The largest absolute Gasteiger partial charge is 0.541 e. The van der Waals surface area contributed by atoms with Crippen molar-refractivity contribution in [1.82, 2.24) is 10.2 Å². The molecule has 1 N–H and O–H groups in total. The Labute approximate surface area is 151 Å². The molecule has 3 aliphatic rings. The third-order valence-corrected chi connectivity index (χ3v) is 4.12. The maximum absolute atomic E-state index is 12.4. The van der Waals surface area contributed by atoms with E-state index in [1.165, 1.54) is 0 Å². The van der Waals surface area contributed by atoms with Gasteiger partial charge in [-0.1, -0.05) is 5.92 Å². The first-order chi connectivity index (χ1) is 9.72. The number of terminal acetylenes is 1. The van der Waals surface area contributed by atoms with Crippen molar-refractivity contribution in [2.75, 3.05) is 26.2 Å². The fourth-order valence-electron chi connectivity index (χ4n) is 3.24. The Morgan fingerprint density at radius 2 is 1.90 bits per heavy atom. The smallest absolute Gasteiger partial charge is 0.226 e. The van der Waals surface area contributed by atoms with Gasteiger partial charge in [0.2, 0.25) is 5.91 Å². The number of hydrogen-bond donors (Lipinski definition) is 1. The Balaban J connectivity index is 0.000000510. The van der Waals surface area contributed by atoms with E-state index < -0.39 is 0 Å². The van der Waals surface area contributed by atoms with E-state index >= 15 is 0 Å². The molecule has 1 radical (unpaired) electrons. The molecule has 21 heavy (non-hydrogen) atoms. The summed E-state index contributed by atoms with van der Waals surface area (Å²) >= 11 is 0. The number of piperazine rings is 1. The van der Waals surface area contributed by atoms with Crippen LogP contribution in [0.5, 0.6) is 0 Å². The van der Waals surface area contributed by atoms with Gasteiger partial charge in [-0.2, -0.15) is 0 Å². The number of nitrogens with zero attached hydrogens (tertiary/aromatic N) is 1. The third kappa shape index (κ3) is 4.13. The second-order valence-electron chi connectivity index (χ2n) is 5.32. The van der Waals surface area contributed by atoms with E-state index in [2.05, 4.69) is 17.7 Å². The normalized spacial score (nSPS) is 33.2. The van der Waals surface area contributed by atoms with Crippen LogP contribution < -0.4 is 5.32 Å². The van der Waals surface area contributed by atoms with Crippen molar-refractivity contribution in [3.8, 4) is 12.3 Å². The van der Waals surface area contributed by atoms with Gasteiger partial charge in [0.15, 0.2) is 0 Å². The van der Waals surface area contributed by atoms with E-state index in [1.807, 2.05) is 11.2 Å². The van der Waals surface area contributed by atoms with Gasteiger partial charge < -0.3 is 19.7 Å². The van der Waals surface area contributed by atoms with E-state index in [0.29, 0.717) is 0 Å². The van der Waals surface area contributed by atoms with Crippen molar-refractivity contribution >= 4 is 12.2 Å². The number of nitrogens with one attached hydrogen (secondary N) is 1. The number of amides is 1. The van der Waals surface area contributed by atoms with E-state index in [9.17, 15) is 9.59 Å². The monoisotopic (exact) mass is 366 g/mol. The van der Waals surface area contributed by atoms with Crippen LogP contribution in [-0.4, -0.2) is 55.5 Å². The van der Waals surface area contributed by atoms with Crippen LogP contribution in [0.2, 0.25) is 0 Å². The molecular weight excluding hydrogens is 345 g/mol. The molecule has 4 unspecified atom stereocenters. The summed E-state index contributed by atoms with van der Waals surface area (Å²) in [5, 5.41) is 3.22. The van der Waals surface area contributed by atoms with Crippen LogP contribution in [0.25, 0.3) is 0 Å². The second kappa shape index (κ2) is 9.00. The van der Waals surface area contributed by atoms with Gasteiger partial charge in [-0.3, -0.25) is 11.1 Å². The summed E-state index contributed by atoms with van der Waals surface area (Å²) in [6.07, 6.45) is 8.32. The molecule has 3 fully saturated rings. The van der Waals surface area contributed by atoms with Crippen LogP contribution in [0, 0.1) is 24.2 Å². The SMILES string of the molecule is C#CC.O=[C-]C1C2CCC(O2)C1C(=O)N1CCNCC1.[Y]. The summed E-state index contributed by atoms with van der Waals surface area (Å²) in [6, 6.07) is 0. The first-order valence-electron chi connectivity index (χ1n) is 7.13. The fraction of sp³-hybridized carbons (Fsp3) is 0.733. The number of carbonyl (C=O) groups excluding carboxylic acids is 2. The molecule has 3 aliphatic heterocycles. The molecule has 5 nitrogen and oxygen atoms in total. The zero-order valence-corrected chi connectivity index (χ0v) is 15.2. The summed E-state index contributed by atoms with van der Waals surface area (Å²) in [4.78, 5) is 25.3. The van der Waals surface area contributed by atoms with E-state index in [1.54, 1.807) is 6.92 Å². The Hall–Kier alpha value is -0.276. The number of rotatable bonds is 2. The van der Waals surface area contributed by atoms with Crippen LogP contribution in [0.1, 0.15) is 19.8 Å². The van der Waals surface area contributed by atoms with Gasteiger partial charge in [0, 0.05) is 70.9 Å². The van der Waals surface area contributed by atoms with Gasteiger partial charge in [0.1, 0.15) is 0 Å². The average molecular weight is 366 g/mol. The summed E-state index contributed by atoms with van der Waals surface area (Å²) in [5.41, 5.74) is 0. The van der Waals surface area contributed by atoms with Crippen LogP contribution in [0.3, 0.4) is 0 Å². The first kappa shape index (κ1) is 18.8. The summed E-state index contributed by atoms with van der Waals surface area (Å²) < 4.78 is 5.67. The molecule has 3 rings (SSSR count). The fourth-order valence-corrected chi connectivity index (χ4v) is 3.24. The molecule has 0 spiro atoms. The minimum Gasteiger partial charge on any atom is -0.541 e. The molecule has 3 saturated heterocycles. The predicted octanol–water partition coefficient (Wildman–Crippen LogP) is -0.0415. The summed E-state index contributed by atoms with van der Waals surface area (Å²) in [7, 11) is 0. The molecule has 0 aliphatic carbocycles. The van der Waals surface area contributed by atoms with Gasteiger partial charge in [-0.05, 0) is 19.8 Å². The van der Waals surface area contributed by atoms with Crippen molar-refractivity contribution in [3.63, 3.8) is 0 Å². The van der Waals surface area contributed by atoms with Crippen molar-refractivity contribution in [2.45, 2.75) is 32.0 Å². The van der Waals surface area contributed by atoms with Crippen molar-refractivity contribution in [2.24, 2.45) is 11.8 Å². The van der Waals surface area contributed by atoms with Gasteiger partial charge in [-0.25, -0.2) is 0 Å². The van der Waals surface area contributed by atoms with Gasteiger partial charge in [0.25, 0.3) is 0 Å². The molecule has 4 atom stereocenters. The molecule has 3 heterocycles. The van der Waals surface area contributed by atoms with Crippen molar-refractivity contribution in [1.29, 1.82) is 0 Å². The molecule has 1 amide bonds. The van der Waals surface area contributed by atoms with Crippen LogP contribution >= 0.6 is 0 Å². The number of ether oxygens (including phenoxy) is 1. The molecule has 0 aromatic carbocycles. The molecular formula is C15H21N2O3Y-. The zero-order valence-electron chi connectivity index (χ0n) is 12.4. The number of fused-ring (bicyclic) bond motifs is 2. The molecule has 113 valence electrons. The molecule has 6 heteroatoms. The van der Waals surface area contributed by atoms with E-state index in [0.717, 1.165) is 39.0 Å². The summed E-state index contributed by atoms with van der Waals surface area (Å²) in [6.45, 7) is 4.79. The molecule has 0 aromatic rings. The van der Waals surface area contributed by atoms with Gasteiger partial charge in [-0.15, -0.1) is 12.3 Å². The predicted molar refractivity (Wildman–Crippen MR) is 74.5 cm³/mol. The van der Waals surface area contributed by atoms with Gasteiger partial charge >= 0.3 is 0 Å². The van der Waals surface area contributed by atoms with Crippen LogP contribution in [0.15, 0.2) is 0 Å². The van der Waals surface area contributed by atoms with E-state index in [4.69, 9.17) is 4.74 Å². The molecule has 0 aromatic heterocycles. The number of carbonyl (C=O) groups is 1. The average Bonchev–Trinajstić information content (AvgIpc) is 3.08. The maximum atomic E-state index is 12.4. The third-order valence-electron chi connectivity index (χ3n) is 4.12. The zero-order chi connectivity index (χ0) is 14.5. The quantitative estimate of drug-likeness (QED) is 0.551. The maximum Gasteiger partial charge on any atom is 0.226 e. The van der Waals surface area contributed by atoms with Gasteiger partial charge in [0.05, 0.1) is 6.10 Å². The topological polar surface area (TPSA) is 58.6 Å². The molecule has 0 saturated carbocycles. The Bertz CT molecular complexity index is 404. The van der Waals surface area contributed by atoms with Crippen LogP contribution in [-0.2, 0) is 47.0 Å². The second-order valence-corrected chi connectivity index (χ2v) is 5.32. The standard InChI is InChI=1S/C12H17N2O3.C3H4.Y/c15-7-8-9-1-2-10(17-9)11(8)12(16)14-5-3-13-4-6-14;1-3-2;/h8-11,13H,1-6H2;1H,2H3;/q-1;;. The van der Waals surface area contributed by atoms with Crippen molar-refractivity contribution < 1.29 is 47.0 Å². The minimum atomic E-state index is -0.337. The Morgan fingerprint density at radius 3 is 2.48 bits per heavy atom.